The van der Waals surface area contributed by atoms with E-state index in [2.05, 4.69) is 48.5 Å². The monoisotopic (exact) mass is 298 g/mol. The van der Waals surface area contributed by atoms with Crippen LogP contribution in [0.25, 0.3) is 0 Å². The molecule has 8 heteroatoms. The molecule has 0 aliphatic rings. The van der Waals surface area contributed by atoms with Crippen LogP contribution in [-0.2, 0) is 4.79 Å². The van der Waals surface area contributed by atoms with Crippen molar-refractivity contribution in [3.05, 3.63) is 0 Å². The smallest absolute Gasteiger partial charge is 0.235 e. The van der Waals surface area contributed by atoms with E-state index in [0.717, 1.165) is 0 Å². The summed E-state index contributed by atoms with van der Waals surface area (Å²) in [4.78, 5) is 11.0. The number of carbonyl (C=O) groups excluding carboxylic acids is 1. The lowest BCUT2D eigenvalue weighted by molar-refractivity contribution is -0.119. The van der Waals surface area contributed by atoms with E-state index in [-0.39, 0.29) is 12.1 Å². The van der Waals surface area contributed by atoms with Gasteiger partial charge < -0.3 is 22.1 Å². The Balaban J connectivity index is 3.92. The molecule has 0 fully saturated rings. The lowest BCUT2D eigenvalue weighted by Crippen LogP contribution is -2.51. The molecule has 5 nitrogen and oxygen atoms in total. The summed E-state index contributed by atoms with van der Waals surface area (Å²) in [5, 5.41) is 6.29. The number of nitrogens with two attached hydrogens (primary N) is 2. The van der Waals surface area contributed by atoms with Crippen molar-refractivity contribution in [3.63, 3.8) is 0 Å². The van der Waals surface area contributed by atoms with Gasteiger partial charge in [-0.1, -0.05) is 0 Å². The van der Waals surface area contributed by atoms with Gasteiger partial charge in [-0.15, -0.1) is 0 Å². The first-order valence-corrected chi connectivity index (χ1v) is 7.29. The Hall–Kier alpha value is 0.400. The second kappa shape index (κ2) is 10.3. The average Bonchev–Trinajstić information content (AvgIpc) is 2.32. The second-order valence-corrected chi connectivity index (χ2v) is 4.87. The highest BCUT2D eigenvalue weighted by Crippen LogP contribution is 1.92. The molecule has 0 aliphatic heterocycles. The highest BCUT2D eigenvalue weighted by atomic mass is 32.1. The van der Waals surface area contributed by atoms with Crippen molar-refractivity contribution in [1.82, 2.24) is 10.6 Å². The van der Waals surface area contributed by atoms with Crippen LogP contribution in [0.1, 0.15) is 0 Å². The molecule has 0 aromatic heterocycles. The lowest BCUT2D eigenvalue weighted by atomic mass is 10.2. The molecular weight excluding hydrogens is 276 g/mol. The number of rotatable bonds is 10. The third-order valence-corrected chi connectivity index (χ3v) is 3.54. The number of amides is 1. The van der Waals surface area contributed by atoms with Crippen LogP contribution in [0.15, 0.2) is 0 Å². The summed E-state index contributed by atoms with van der Waals surface area (Å²) in [6.45, 7) is 1.26. The number of hydrogen-bond donors (Lipinski definition) is 7. The summed E-state index contributed by atoms with van der Waals surface area (Å²) < 4.78 is 0. The maximum Gasteiger partial charge on any atom is 0.235 e. The minimum absolute atomic E-state index is 0.0116. The van der Waals surface area contributed by atoms with E-state index in [1.165, 1.54) is 0 Å². The zero-order valence-corrected chi connectivity index (χ0v) is 12.4. The Kier molecular flexibility index (Phi) is 10.6. The number of carbonyl (C=O) groups is 1. The number of nitrogens with one attached hydrogen (secondary N) is 2. The van der Waals surface area contributed by atoms with Crippen molar-refractivity contribution < 1.29 is 4.79 Å². The topological polar surface area (TPSA) is 93.2 Å². The molecule has 0 heterocycles. The molecular formula is C9H22N4OS3. The van der Waals surface area contributed by atoms with Gasteiger partial charge in [-0.2, -0.15) is 37.9 Å². The molecule has 0 aromatic rings. The van der Waals surface area contributed by atoms with Gasteiger partial charge in [0.05, 0.1) is 6.04 Å². The van der Waals surface area contributed by atoms with Crippen molar-refractivity contribution in [2.24, 2.45) is 11.5 Å². The van der Waals surface area contributed by atoms with Crippen molar-refractivity contribution in [3.8, 4) is 0 Å². The maximum absolute atomic E-state index is 11.0. The normalized spacial score (nSPS) is 16.5. The Bertz CT molecular complexity index is 220. The van der Waals surface area contributed by atoms with E-state index in [0.29, 0.717) is 30.3 Å². The molecule has 3 atom stereocenters. The van der Waals surface area contributed by atoms with Crippen molar-refractivity contribution in [2.45, 2.75) is 18.1 Å². The summed E-state index contributed by atoms with van der Waals surface area (Å²) in [6, 6.07) is -0.274. The molecule has 1 amide bonds. The van der Waals surface area contributed by atoms with Crippen LogP contribution < -0.4 is 22.1 Å². The van der Waals surface area contributed by atoms with E-state index in [4.69, 9.17) is 11.5 Å². The Morgan fingerprint density at radius 3 is 2.12 bits per heavy atom. The molecule has 17 heavy (non-hydrogen) atoms. The first kappa shape index (κ1) is 17.4. The number of primary amides is 1. The highest BCUT2D eigenvalue weighted by molar-refractivity contribution is 7.80. The number of hydrogen-bond acceptors (Lipinski definition) is 7. The van der Waals surface area contributed by atoms with Gasteiger partial charge in [0.15, 0.2) is 0 Å². The average molecular weight is 299 g/mol. The summed E-state index contributed by atoms with van der Waals surface area (Å²) in [7, 11) is 0. The summed E-state index contributed by atoms with van der Waals surface area (Å²) >= 11 is 12.4. The molecule has 0 bridgehead atoms. The summed E-state index contributed by atoms with van der Waals surface area (Å²) in [5.74, 6) is 1.25. The minimum atomic E-state index is -0.416. The third kappa shape index (κ3) is 8.17. The van der Waals surface area contributed by atoms with Crippen LogP contribution in [0, 0.1) is 0 Å². The van der Waals surface area contributed by atoms with Crippen molar-refractivity contribution >= 4 is 43.8 Å². The molecule has 102 valence electrons. The predicted molar refractivity (Wildman–Crippen MR) is 82.3 cm³/mol. The maximum atomic E-state index is 11.0. The minimum Gasteiger partial charge on any atom is -0.368 e. The molecule has 6 N–H and O–H groups in total. The van der Waals surface area contributed by atoms with Crippen molar-refractivity contribution in [2.75, 3.05) is 30.3 Å². The van der Waals surface area contributed by atoms with Crippen LogP contribution >= 0.6 is 37.9 Å². The van der Waals surface area contributed by atoms with E-state index in [9.17, 15) is 4.79 Å². The predicted octanol–water partition coefficient (Wildman–Crippen LogP) is -1.50. The molecule has 0 unspecified atom stereocenters. The van der Waals surface area contributed by atoms with Crippen LogP contribution in [0.3, 0.4) is 0 Å². The zero-order chi connectivity index (χ0) is 13.3. The molecule has 0 saturated carbocycles. The third-order valence-electron chi connectivity index (χ3n) is 2.26. The number of thiol groups is 3. The fourth-order valence-corrected chi connectivity index (χ4v) is 1.82. The molecule has 0 spiro atoms. The molecule has 0 saturated heterocycles. The first-order valence-electron chi connectivity index (χ1n) is 5.39. The lowest BCUT2D eigenvalue weighted by Gasteiger charge is -2.21. The summed E-state index contributed by atoms with van der Waals surface area (Å²) in [5.41, 5.74) is 10.9. The molecule has 0 rings (SSSR count). The van der Waals surface area contributed by atoms with Crippen LogP contribution in [0.5, 0.6) is 0 Å². The zero-order valence-electron chi connectivity index (χ0n) is 9.67. The van der Waals surface area contributed by atoms with Gasteiger partial charge in [-0.05, 0) is 0 Å². The van der Waals surface area contributed by atoms with E-state index in [1.807, 2.05) is 0 Å². The van der Waals surface area contributed by atoms with Crippen LogP contribution in [0.2, 0.25) is 0 Å². The van der Waals surface area contributed by atoms with Gasteiger partial charge in [0.2, 0.25) is 5.91 Å². The van der Waals surface area contributed by atoms with Gasteiger partial charge in [-0.3, -0.25) is 4.79 Å². The van der Waals surface area contributed by atoms with Crippen LogP contribution in [0.4, 0.5) is 0 Å². The molecule has 0 radical (unpaired) electrons. The van der Waals surface area contributed by atoms with Gasteiger partial charge in [0, 0.05) is 42.4 Å². The molecule has 0 aliphatic carbocycles. The second-order valence-electron chi connectivity index (χ2n) is 3.78. The van der Waals surface area contributed by atoms with Gasteiger partial charge in [0.1, 0.15) is 0 Å². The Labute approximate surface area is 119 Å². The van der Waals surface area contributed by atoms with Gasteiger partial charge in [0.25, 0.3) is 0 Å². The fraction of sp³-hybridized carbons (Fsp3) is 0.889. The highest BCUT2D eigenvalue weighted by Gasteiger charge is 2.15. The van der Waals surface area contributed by atoms with E-state index < -0.39 is 11.9 Å². The van der Waals surface area contributed by atoms with Gasteiger partial charge in [-0.25, -0.2) is 0 Å². The fourth-order valence-electron chi connectivity index (χ4n) is 1.12. The van der Waals surface area contributed by atoms with E-state index in [1.54, 1.807) is 0 Å². The first-order chi connectivity index (χ1) is 8.04. The SMILES string of the molecule is NC(=O)[C@H](CS)NC[C@H](CS)NC[C@@H](N)CS. The standard InChI is InChI=1S/C9H22N4OS3/c10-6(3-15)1-12-7(4-16)2-13-8(5-17)9(11)14/h6-8,12-13,15-17H,1-5,10H2,(H2,11,14)/t6-,7-,8+/m1/s1. The molecule has 0 aromatic carbocycles. The Morgan fingerprint density at radius 2 is 1.71 bits per heavy atom. The van der Waals surface area contributed by atoms with E-state index >= 15 is 0 Å². The quantitative estimate of drug-likeness (QED) is 0.250. The van der Waals surface area contributed by atoms with Crippen LogP contribution in [-0.4, -0.2) is 54.4 Å². The summed E-state index contributed by atoms with van der Waals surface area (Å²) in [6.07, 6.45) is 0. The largest absolute Gasteiger partial charge is 0.368 e. The van der Waals surface area contributed by atoms with Gasteiger partial charge >= 0.3 is 0 Å². The van der Waals surface area contributed by atoms with Crippen molar-refractivity contribution in [1.29, 1.82) is 0 Å². The Morgan fingerprint density at radius 1 is 1.06 bits per heavy atom.